The van der Waals surface area contributed by atoms with Gasteiger partial charge in [0.25, 0.3) is 0 Å². The van der Waals surface area contributed by atoms with Gasteiger partial charge in [-0.05, 0) is 46.3 Å². The van der Waals surface area contributed by atoms with E-state index >= 15 is 0 Å². The van der Waals surface area contributed by atoms with Crippen LogP contribution >= 0.6 is 11.8 Å². The zero-order valence-electron chi connectivity index (χ0n) is 16.7. The molecule has 0 spiro atoms. The van der Waals surface area contributed by atoms with Crippen LogP contribution in [0.1, 0.15) is 22.5 Å². The molecule has 158 valence electrons. The van der Waals surface area contributed by atoms with Crippen molar-refractivity contribution in [2.45, 2.75) is 18.1 Å². The second-order valence-electron chi connectivity index (χ2n) is 6.83. The molecule has 0 aliphatic carbocycles. The van der Waals surface area contributed by atoms with Gasteiger partial charge in [0.2, 0.25) is 5.16 Å². The van der Waals surface area contributed by atoms with Gasteiger partial charge in [-0.3, -0.25) is 0 Å². The number of para-hydroxylation sites is 1. The van der Waals surface area contributed by atoms with Gasteiger partial charge in [-0.25, -0.2) is 0 Å². The second-order valence-corrected chi connectivity index (χ2v) is 7.89. The number of hydrogen-bond donors (Lipinski definition) is 1. The predicted molar refractivity (Wildman–Crippen MR) is 113 cm³/mol. The minimum Gasteiger partial charge on any atom is -0.545 e. The third kappa shape index (κ3) is 5.39. The van der Waals surface area contributed by atoms with E-state index in [0.717, 1.165) is 40.9 Å². The molecule has 2 heterocycles. The molecule has 0 aliphatic rings. The largest absolute Gasteiger partial charge is 0.545 e. The van der Waals surface area contributed by atoms with E-state index in [2.05, 4.69) is 20.8 Å². The molecule has 4 aromatic rings. The third-order valence-corrected chi connectivity index (χ3v) is 5.62. The first kappa shape index (κ1) is 20.8. The molecule has 0 amide bonds. The maximum atomic E-state index is 11.0. The average molecular weight is 436 g/mol. The van der Waals surface area contributed by atoms with Gasteiger partial charge in [-0.2, -0.15) is 4.68 Å². The Balaban J connectivity index is 1.22. The van der Waals surface area contributed by atoms with Gasteiger partial charge >= 0.3 is 0 Å². The van der Waals surface area contributed by atoms with E-state index in [0.29, 0.717) is 12.3 Å². The number of nitrogens with zero attached hydrogens (tertiary/aromatic N) is 4. The summed E-state index contributed by atoms with van der Waals surface area (Å²) < 4.78 is 7.60. The fraction of sp³-hybridized carbons (Fsp3) is 0.182. The van der Waals surface area contributed by atoms with Crippen LogP contribution in [0.4, 0.5) is 0 Å². The number of nitrogens with two attached hydrogens (primary N) is 1. The number of aromatic carboxylic acids is 1. The number of carboxylic acid groups (broad SMARTS) is 1. The van der Waals surface area contributed by atoms with Crippen LogP contribution in [-0.4, -0.2) is 38.5 Å². The number of hydrogen-bond acceptors (Lipinski definition) is 7. The van der Waals surface area contributed by atoms with Crippen molar-refractivity contribution in [1.82, 2.24) is 20.2 Å². The molecule has 0 bridgehead atoms. The summed E-state index contributed by atoms with van der Waals surface area (Å²) in [6.45, 7) is 1.66. The summed E-state index contributed by atoms with van der Waals surface area (Å²) >= 11 is 1.63. The van der Waals surface area contributed by atoms with Crippen LogP contribution in [0.2, 0.25) is 0 Å². The Kier molecular flexibility index (Phi) is 6.75. The van der Waals surface area contributed by atoms with E-state index in [-0.39, 0.29) is 5.56 Å². The summed E-state index contributed by atoms with van der Waals surface area (Å²) in [7, 11) is 0. The maximum Gasteiger partial charge on any atom is 0.214 e. The molecule has 0 fully saturated rings. The number of quaternary nitrogens is 1. The number of thioether (sulfide) groups is 1. The van der Waals surface area contributed by atoms with Gasteiger partial charge in [-0.1, -0.05) is 48.2 Å². The maximum absolute atomic E-state index is 11.0. The van der Waals surface area contributed by atoms with Gasteiger partial charge in [0.15, 0.2) is 5.76 Å². The third-order valence-electron chi connectivity index (χ3n) is 4.62. The SMILES string of the molecule is O=C([O-])c1cccc(-c2ccc(C[NH2+]CCCSc3nnnn3-c3ccccc3)o2)c1. The van der Waals surface area contributed by atoms with E-state index in [1.165, 1.54) is 6.07 Å². The number of aromatic nitrogens is 4. The number of carbonyl (C=O) groups is 1. The molecule has 0 saturated carbocycles. The highest BCUT2D eigenvalue weighted by Gasteiger charge is 2.09. The summed E-state index contributed by atoms with van der Waals surface area (Å²) in [5, 5.41) is 25.9. The van der Waals surface area contributed by atoms with Crippen molar-refractivity contribution in [2.24, 2.45) is 0 Å². The highest BCUT2D eigenvalue weighted by atomic mass is 32.2. The van der Waals surface area contributed by atoms with Crippen LogP contribution in [0, 0.1) is 0 Å². The Labute approximate surface area is 183 Å². The highest BCUT2D eigenvalue weighted by molar-refractivity contribution is 7.99. The van der Waals surface area contributed by atoms with Crippen LogP contribution in [0.25, 0.3) is 17.0 Å². The van der Waals surface area contributed by atoms with Crippen LogP contribution in [0.5, 0.6) is 0 Å². The number of furan rings is 1. The minimum atomic E-state index is -1.20. The zero-order valence-corrected chi connectivity index (χ0v) is 17.5. The molecule has 0 aliphatic heterocycles. The molecule has 4 rings (SSSR count). The first-order valence-electron chi connectivity index (χ1n) is 9.89. The van der Waals surface area contributed by atoms with Crippen LogP contribution in [-0.2, 0) is 6.54 Å². The fourth-order valence-electron chi connectivity index (χ4n) is 3.08. The number of rotatable bonds is 10. The lowest BCUT2D eigenvalue weighted by atomic mass is 10.1. The van der Waals surface area contributed by atoms with Crippen molar-refractivity contribution in [3.05, 3.63) is 78.1 Å². The second kappa shape index (κ2) is 10.1. The monoisotopic (exact) mass is 435 g/mol. The topological polar surface area (TPSA) is 113 Å². The van der Waals surface area contributed by atoms with Crippen molar-refractivity contribution in [1.29, 1.82) is 0 Å². The van der Waals surface area contributed by atoms with Gasteiger partial charge in [0, 0.05) is 17.7 Å². The number of carbonyl (C=O) groups excluding carboxylic acids is 1. The first-order chi connectivity index (χ1) is 15.2. The predicted octanol–water partition coefficient (Wildman–Crippen LogP) is 1.53. The van der Waals surface area contributed by atoms with Gasteiger partial charge in [0.05, 0.1) is 18.2 Å². The molecule has 0 saturated heterocycles. The lowest BCUT2D eigenvalue weighted by Crippen LogP contribution is -2.82. The molecule has 9 heteroatoms. The molecular formula is C22H21N5O3S. The van der Waals surface area contributed by atoms with Crippen LogP contribution in [0.3, 0.4) is 0 Å². The van der Waals surface area contributed by atoms with Gasteiger partial charge < -0.3 is 19.6 Å². The van der Waals surface area contributed by atoms with Crippen molar-refractivity contribution < 1.29 is 19.6 Å². The minimum absolute atomic E-state index is 0.137. The Bertz CT molecular complexity index is 1140. The van der Waals surface area contributed by atoms with E-state index in [4.69, 9.17) is 4.42 Å². The molecule has 2 N–H and O–H groups in total. The van der Waals surface area contributed by atoms with E-state index in [9.17, 15) is 9.90 Å². The van der Waals surface area contributed by atoms with E-state index in [1.807, 2.05) is 48.5 Å². The van der Waals surface area contributed by atoms with Crippen molar-refractivity contribution in [3.8, 4) is 17.0 Å². The first-order valence-corrected chi connectivity index (χ1v) is 10.9. The fourth-order valence-corrected chi connectivity index (χ4v) is 3.93. The Morgan fingerprint density at radius 1 is 1.10 bits per heavy atom. The molecule has 31 heavy (non-hydrogen) atoms. The van der Waals surface area contributed by atoms with Gasteiger partial charge in [0.1, 0.15) is 12.3 Å². The van der Waals surface area contributed by atoms with Crippen LogP contribution < -0.4 is 10.4 Å². The lowest BCUT2D eigenvalue weighted by molar-refractivity contribution is -0.672. The highest BCUT2D eigenvalue weighted by Crippen LogP contribution is 2.23. The van der Waals surface area contributed by atoms with Gasteiger partial charge in [-0.15, -0.1) is 5.10 Å². The molecule has 2 aromatic carbocycles. The number of carboxylic acids is 1. The van der Waals surface area contributed by atoms with E-state index in [1.54, 1.807) is 28.6 Å². The lowest BCUT2D eigenvalue weighted by Gasteiger charge is -2.04. The number of tetrazole rings is 1. The van der Waals surface area contributed by atoms with Crippen molar-refractivity contribution in [2.75, 3.05) is 12.3 Å². The quantitative estimate of drug-likeness (QED) is 0.297. The van der Waals surface area contributed by atoms with Crippen molar-refractivity contribution >= 4 is 17.7 Å². The zero-order chi connectivity index (χ0) is 21.5. The summed E-state index contributed by atoms with van der Waals surface area (Å²) in [5.41, 5.74) is 1.80. The molecule has 0 unspecified atom stereocenters. The Hall–Kier alpha value is -3.43. The number of benzene rings is 2. The normalized spacial score (nSPS) is 11.0. The molecule has 0 atom stereocenters. The summed E-state index contributed by atoms with van der Waals surface area (Å²) in [5.74, 6) is 1.20. The Morgan fingerprint density at radius 2 is 1.97 bits per heavy atom. The van der Waals surface area contributed by atoms with Crippen LogP contribution in [0.15, 0.2) is 76.3 Å². The molecule has 8 nitrogen and oxygen atoms in total. The summed E-state index contributed by atoms with van der Waals surface area (Å²) in [6, 6.07) is 20.2. The molecule has 2 aromatic heterocycles. The molecule has 0 radical (unpaired) electrons. The Morgan fingerprint density at radius 3 is 2.81 bits per heavy atom. The smallest absolute Gasteiger partial charge is 0.214 e. The molecular weight excluding hydrogens is 414 g/mol. The summed E-state index contributed by atoms with van der Waals surface area (Å²) in [4.78, 5) is 11.0. The standard InChI is InChI=1S/C22H21N5O3S/c28-21(29)17-7-4-6-16(14-17)20-11-10-19(30-20)15-23-12-5-13-31-22-24-25-26-27(22)18-8-2-1-3-9-18/h1-4,6-11,14,23H,5,12-13,15H2,(H,28,29). The average Bonchev–Trinajstić information content (AvgIpc) is 3.46. The summed E-state index contributed by atoms with van der Waals surface area (Å²) in [6.07, 6.45) is 0.994. The van der Waals surface area contributed by atoms with Crippen molar-refractivity contribution in [3.63, 3.8) is 0 Å². The van der Waals surface area contributed by atoms with E-state index < -0.39 is 5.97 Å².